The third-order valence-corrected chi connectivity index (χ3v) is 1.92. The van der Waals surface area contributed by atoms with Crippen molar-refractivity contribution in [2.75, 3.05) is 6.61 Å². The zero-order valence-corrected chi connectivity index (χ0v) is 6.25. The second-order valence-corrected chi connectivity index (χ2v) is 2.73. The number of aromatic hydroxyl groups is 1. The molecule has 12 heavy (non-hydrogen) atoms. The van der Waals surface area contributed by atoms with Crippen LogP contribution in [-0.4, -0.2) is 11.7 Å². The third-order valence-electron chi connectivity index (χ3n) is 1.92. The van der Waals surface area contributed by atoms with E-state index in [2.05, 4.69) is 0 Å². The van der Waals surface area contributed by atoms with Gasteiger partial charge in [0.2, 0.25) is 0 Å². The lowest BCUT2D eigenvalue weighted by molar-refractivity contribution is 0.311. The standard InChI is InChI=1S/C8H8FNO2/c9-5-2-1-4-6(10)3-12-8(4)7(5)11/h1-2,6,11H,3,10H2/t6-/m0/s1. The monoisotopic (exact) mass is 169 g/mol. The molecule has 1 aromatic carbocycles. The minimum atomic E-state index is -0.678. The topological polar surface area (TPSA) is 55.5 Å². The molecule has 0 spiro atoms. The number of halogens is 1. The fraction of sp³-hybridized carbons (Fsp3) is 0.250. The molecule has 1 aromatic rings. The van der Waals surface area contributed by atoms with Crippen molar-refractivity contribution in [3.05, 3.63) is 23.5 Å². The van der Waals surface area contributed by atoms with E-state index in [1.807, 2.05) is 0 Å². The van der Waals surface area contributed by atoms with Crippen LogP contribution in [0, 0.1) is 5.82 Å². The van der Waals surface area contributed by atoms with E-state index in [1.54, 1.807) is 0 Å². The van der Waals surface area contributed by atoms with E-state index in [0.717, 1.165) is 0 Å². The predicted octanol–water partition coefficient (Wildman–Crippen LogP) is 0.923. The molecule has 1 aliphatic rings. The van der Waals surface area contributed by atoms with Crippen molar-refractivity contribution >= 4 is 0 Å². The lowest BCUT2D eigenvalue weighted by Crippen LogP contribution is -2.10. The molecule has 1 heterocycles. The largest absolute Gasteiger partial charge is 0.502 e. The highest BCUT2D eigenvalue weighted by Crippen LogP contribution is 2.39. The van der Waals surface area contributed by atoms with Gasteiger partial charge in [-0.25, -0.2) is 4.39 Å². The highest BCUT2D eigenvalue weighted by Gasteiger charge is 2.25. The number of phenolic OH excluding ortho intramolecular Hbond substituents is 1. The fourth-order valence-electron chi connectivity index (χ4n) is 1.27. The van der Waals surface area contributed by atoms with E-state index in [4.69, 9.17) is 10.5 Å². The number of hydrogen-bond acceptors (Lipinski definition) is 3. The summed E-state index contributed by atoms with van der Waals surface area (Å²) in [6.45, 7) is 0.298. The van der Waals surface area contributed by atoms with Gasteiger partial charge in [-0.1, -0.05) is 6.07 Å². The van der Waals surface area contributed by atoms with Crippen LogP contribution in [0.15, 0.2) is 12.1 Å². The Labute approximate surface area is 68.6 Å². The van der Waals surface area contributed by atoms with Gasteiger partial charge < -0.3 is 15.6 Å². The summed E-state index contributed by atoms with van der Waals surface area (Å²) >= 11 is 0. The molecule has 0 amide bonds. The molecule has 0 saturated carbocycles. The second kappa shape index (κ2) is 2.35. The van der Waals surface area contributed by atoms with Crippen molar-refractivity contribution < 1.29 is 14.2 Å². The van der Waals surface area contributed by atoms with Crippen LogP contribution in [0.1, 0.15) is 11.6 Å². The molecule has 3 nitrogen and oxygen atoms in total. The number of benzene rings is 1. The third kappa shape index (κ3) is 0.848. The Hall–Kier alpha value is -1.29. The number of ether oxygens (including phenoxy) is 1. The van der Waals surface area contributed by atoms with Crippen molar-refractivity contribution in [2.45, 2.75) is 6.04 Å². The van der Waals surface area contributed by atoms with Gasteiger partial charge in [-0.3, -0.25) is 0 Å². The van der Waals surface area contributed by atoms with Crippen LogP contribution in [0.25, 0.3) is 0 Å². The van der Waals surface area contributed by atoms with Gasteiger partial charge in [-0.2, -0.15) is 0 Å². The Bertz CT molecular complexity index is 327. The first-order chi connectivity index (χ1) is 5.70. The van der Waals surface area contributed by atoms with E-state index in [9.17, 15) is 9.50 Å². The van der Waals surface area contributed by atoms with Crippen LogP contribution >= 0.6 is 0 Å². The number of rotatable bonds is 0. The van der Waals surface area contributed by atoms with Gasteiger partial charge in [0.1, 0.15) is 6.61 Å². The zero-order valence-electron chi connectivity index (χ0n) is 6.25. The minimum absolute atomic E-state index is 0.183. The lowest BCUT2D eigenvalue weighted by Gasteiger charge is -2.02. The van der Waals surface area contributed by atoms with Gasteiger partial charge in [0.25, 0.3) is 0 Å². The average Bonchev–Trinajstić information content (AvgIpc) is 2.41. The van der Waals surface area contributed by atoms with Crippen molar-refractivity contribution in [3.63, 3.8) is 0 Å². The minimum Gasteiger partial charge on any atom is -0.502 e. The average molecular weight is 169 g/mol. The Morgan fingerprint density at radius 2 is 2.33 bits per heavy atom. The lowest BCUT2D eigenvalue weighted by atomic mass is 10.1. The van der Waals surface area contributed by atoms with Gasteiger partial charge in [-0.05, 0) is 6.07 Å². The Balaban J connectivity index is 2.60. The van der Waals surface area contributed by atoms with Crippen molar-refractivity contribution in [3.8, 4) is 11.5 Å². The Kier molecular flexibility index (Phi) is 1.44. The normalized spacial score (nSPS) is 20.3. The van der Waals surface area contributed by atoms with Gasteiger partial charge in [0, 0.05) is 5.56 Å². The van der Waals surface area contributed by atoms with Gasteiger partial charge in [0.15, 0.2) is 17.3 Å². The molecule has 4 heteroatoms. The number of nitrogens with two attached hydrogens (primary N) is 1. The first kappa shape index (κ1) is 7.36. The smallest absolute Gasteiger partial charge is 0.194 e. The molecule has 1 atom stereocenters. The summed E-state index contributed by atoms with van der Waals surface area (Å²) in [5.41, 5.74) is 6.27. The van der Waals surface area contributed by atoms with Crippen LogP contribution in [-0.2, 0) is 0 Å². The van der Waals surface area contributed by atoms with Gasteiger partial charge in [-0.15, -0.1) is 0 Å². The molecular formula is C8H8FNO2. The number of hydrogen-bond donors (Lipinski definition) is 2. The van der Waals surface area contributed by atoms with E-state index in [1.165, 1.54) is 12.1 Å². The maximum atomic E-state index is 12.7. The molecule has 0 saturated heterocycles. The van der Waals surface area contributed by atoms with E-state index in [-0.39, 0.29) is 11.8 Å². The summed E-state index contributed by atoms with van der Waals surface area (Å²) in [6.07, 6.45) is 0. The second-order valence-electron chi connectivity index (χ2n) is 2.73. The van der Waals surface area contributed by atoms with Crippen LogP contribution in [0.2, 0.25) is 0 Å². The highest BCUT2D eigenvalue weighted by atomic mass is 19.1. The summed E-state index contributed by atoms with van der Waals surface area (Å²) in [7, 11) is 0. The van der Waals surface area contributed by atoms with E-state index in [0.29, 0.717) is 12.2 Å². The van der Waals surface area contributed by atoms with Crippen molar-refractivity contribution in [1.29, 1.82) is 0 Å². The fourth-order valence-corrected chi connectivity index (χ4v) is 1.27. The molecule has 1 aliphatic heterocycles. The highest BCUT2D eigenvalue weighted by molar-refractivity contribution is 5.50. The molecule has 64 valence electrons. The van der Waals surface area contributed by atoms with Crippen molar-refractivity contribution in [1.82, 2.24) is 0 Å². The van der Waals surface area contributed by atoms with Gasteiger partial charge in [0.05, 0.1) is 6.04 Å². The SMILES string of the molecule is N[C@H]1COc2c1ccc(F)c2O. The Morgan fingerprint density at radius 1 is 1.58 bits per heavy atom. The zero-order chi connectivity index (χ0) is 8.72. The summed E-state index contributed by atoms with van der Waals surface area (Å²) in [5.74, 6) is -0.939. The first-order valence-electron chi connectivity index (χ1n) is 3.60. The number of phenols is 1. The molecular weight excluding hydrogens is 161 g/mol. The Morgan fingerprint density at radius 3 is 3.08 bits per heavy atom. The molecule has 2 rings (SSSR count). The molecule has 0 bridgehead atoms. The summed E-state index contributed by atoms with van der Waals surface area (Å²) in [4.78, 5) is 0. The maximum absolute atomic E-state index is 12.7. The molecule has 0 aliphatic carbocycles. The first-order valence-corrected chi connectivity index (χ1v) is 3.60. The molecule has 0 radical (unpaired) electrons. The van der Waals surface area contributed by atoms with Crippen LogP contribution in [0.4, 0.5) is 4.39 Å². The van der Waals surface area contributed by atoms with E-state index >= 15 is 0 Å². The summed E-state index contributed by atoms with van der Waals surface area (Å²) < 4.78 is 17.7. The van der Waals surface area contributed by atoms with Crippen LogP contribution < -0.4 is 10.5 Å². The quantitative estimate of drug-likeness (QED) is 0.607. The number of fused-ring (bicyclic) bond motifs is 1. The van der Waals surface area contributed by atoms with E-state index < -0.39 is 11.6 Å². The van der Waals surface area contributed by atoms with Crippen molar-refractivity contribution in [2.24, 2.45) is 5.73 Å². The van der Waals surface area contributed by atoms with Crippen LogP contribution in [0.5, 0.6) is 11.5 Å². The molecule has 3 N–H and O–H groups in total. The summed E-state index contributed by atoms with van der Waals surface area (Å²) in [6, 6.07) is 2.46. The van der Waals surface area contributed by atoms with Crippen LogP contribution in [0.3, 0.4) is 0 Å². The summed E-state index contributed by atoms with van der Waals surface area (Å²) in [5, 5.41) is 9.18. The molecule has 0 unspecified atom stereocenters. The van der Waals surface area contributed by atoms with Gasteiger partial charge >= 0.3 is 0 Å². The molecule has 0 aromatic heterocycles. The maximum Gasteiger partial charge on any atom is 0.194 e. The molecule has 0 fully saturated rings. The predicted molar refractivity (Wildman–Crippen MR) is 40.5 cm³/mol.